The molecule has 1 aliphatic rings. The molecule has 1 saturated heterocycles. The van der Waals surface area contributed by atoms with Crippen molar-refractivity contribution in [3.63, 3.8) is 0 Å². The zero-order valence-electron chi connectivity index (χ0n) is 11.2. The first kappa shape index (κ1) is 14.7. The highest BCUT2D eigenvalue weighted by Crippen LogP contribution is 2.25. The third kappa shape index (κ3) is 5.07. The Morgan fingerprint density at radius 2 is 2.16 bits per heavy atom. The van der Waals surface area contributed by atoms with Crippen LogP contribution in [0.15, 0.2) is 33.7 Å². The Morgan fingerprint density at radius 1 is 1.37 bits per heavy atom. The van der Waals surface area contributed by atoms with Crippen LogP contribution in [0.3, 0.4) is 0 Å². The maximum Gasteiger partial charge on any atom is 0.191 e. The molecule has 2 rings (SSSR count). The van der Waals surface area contributed by atoms with Gasteiger partial charge in [0.05, 0.1) is 0 Å². The molecule has 1 fully saturated rings. The average molecular weight is 342 g/mol. The molecule has 104 valence electrons. The van der Waals surface area contributed by atoms with Crippen LogP contribution in [-0.4, -0.2) is 30.6 Å². The van der Waals surface area contributed by atoms with Crippen molar-refractivity contribution in [3.8, 4) is 0 Å². The summed E-state index contributed by atoms with van der Waals surface area (Å²) >= 11 is 5.50. The Balaban J connectivity index is 1.74. The molecule has 0 aromatic heterocycles. The van der Waals surface area contributed by atoms with Gasteiger partial charge in [0.25, 0.3) is 0 Å². The number of aliphatic imine (C=N–C) groups is 1. The van der Waals surface area contributed by atoms with Crippen LogP contribution >= 0.6 is 27.7 Å². The highest BCUT2D eigenvalue weighted by atomic mass is 79.9. The second kappa shape index (κ2) is 7.80. The topological polar surface area (TPSA) is 36.4 Å². The van der Waals surface area contributed by atoms with Crippen molar-refractivity contribution in [2.45, 2.75) is 24.6 Å². The van der Waals surface area contributed by atoms with Gasteiger partial charge in [-0.2, -0.15) is 11.8 Å². The van der Waals surface area contributed by atoms with Crippen LogP contribution in [0, 0.1) is 0 Å². The third-order valence-corrected chi connectivity index (χ3v) is 5.04. The molecule has 0 bridgehead atoms. The minimum atomic E-state index is 0.742. The van der Waals surface area contributed by atoms with Crippen molar-refractivity contribution in [3.05, 3.63) is 34.3 Å². The molecule has 1 aliphatic heterocycles. The van der Waals surface area contributed by atoms with E-state index in [-0.39, 0.29) is 0 Å². The van der Waals surface area contributed by atoms with Gasteiger partial charge in [-0.25, -0.2) is 0 Å². The van der Waals surface area contributed by atoms with Gasteiger partial charge in [0, 0.05) is 29.9 Å². The second-order valence-electron chi connectivity index (χ2n) is 4.57. The summed E-state index contributed by atoms with van der Waals surface area (Å²) in [4.78, 5) is 4.26. The predicted molar refractivity (Wildman–Crippen MR) is 87.8 cm³/mol. The van der Waals surface area contributed by atoms with Gasteiger partial charge in [-0.05, 0) is 36.3 Å². The molecule has 19 heavy (non-hydrogen) atoms. The van der Waals surface area contributed by atoms with Crippen molar-refractivity contribution >= 4 is 33.7 Å². The van der Waals surface area contributed by atoms with Crippen LogP contribution in [0.25, 0.3) is 0 Å². The molecule has 1 heterocycles. The van der Waals surface area contributed by atoms with Gasteiger partial charge in [0.15, 0.2) is 5.96 Å². The van der Waals surface area contributed by atoms with E-state index in [9.17, 15) is 0 Å². The summed E-state index contributed by atoms with van der Waals surface area (Å²) in [5, 5.41) is 7.49. The molecule has 0 radical (unpaired) electrons. The van der Waals surface area contributed by atoms with Crippen LogP contribution < -0.4 is 10.6 Å². The average Bonchev–Trinajstić information content (AvgIpc) is 2.94. The number of guanidine groups is 1. The Bertz CT molecular complexity index is 413. The van der Waals surface area contributed by atoms with E-state index in [4.69, 9.17) is 0 Å². The summed E-state index contributed by atoms with van der Waals surface area (Å²) < 4.78 is 1.11. The van der Waals surface area contributed by atoms with Crippen molar-refractivity contribution < 1.29 is 0 Å². The SMILES string of the molecule is CN=C(NCc1ccc(Br)cc1)NCC1CCCS1. The summed E-state index contributed by atoms with van der Waals surface area (Å²) in [6.45, 7) is 1.80. The standard InChI is InChI=1S/C14H20BrN3S/c1-16-14(18-10-13-3-2-8-19-13)17-9-11-4-6-12(15)7-5-11/h4-7,13H,2-3,8-10H2,1H3,(H2,16,17,18). The van der Waals surface area contributed by atoms with Crippen molar-refractivity contribution in [1.82, 2.24) is 10.6 Å². The van der Waals surface area contributed by atoms with E-state index in [0.29, 0.717) is 0 Å². The number of hydrogen-bond acceptors (Lipinski definition) is 2. The minimum absolute atomic E-state index is 0.742. The summed E-state index contributed by atoms with van der Waals surface area (Å²) in [5.41, 5.74) is 1.25. The minimum Gasteiger partial charge on any atom is -0.355 e. The molecule has 5 heteroatoms. The Hall–Kier alpha value is -0.680. The Kier molecular flexibility index (Phi) is 6.04. The van der Waals surface area contributed by atoms with Crippen LogP contribution in [0.4, 0.5) is 0 Å². The lowest BCUT2D eigenvalue weighted by molar-refractivity contribution is 0.726. The highest BCUT2D eigenvalue weighted by molar-refractivity contribution is 9.10. The highest BCUT2D eigenvalue weighted by Gasteiger charge is 2.15. The van der Waals surface area contributed by atoms with Crippen molar-refractivity contribution in [2.75, 3.05) is 19.3 Å². The van der Waals surface area contributed by atoms with Gasteiger partial charge in [0.1, 0.15) is 0 Å². The number of hydrogen-bond donors (Lipinski definition) is 2. The summed E-state index contributed by atoms with van der Waals surface area (Å²) in [7, 11) is 1.82. The van der Waals surface area contributed by atoms with E-state index in [1.807, 2.05) is 7.05 Å². The molecule has 0 aliphatic carbocycles. The fourth-order valence-electron chi connectivity index (χ4n) is 2.02. The second-order valence-corrected chi connectivity index (χ2v) is 6.89. The molecule has 3 nitrogen and oxygen atoms in total. The smallest absolute Gasteiger partial charge is 0.191 e. The largest absolute Gasteiger partial charge is 0.355 e. The molecular weight excluding hydrogens is 322 g/mol. The molecule has 1 atom stereocenters. The van der Waals surface area contributed by atoms with E-state index < -0.39 is 0 Å². The molecule has 0 amide bonds. The first-order chi connectivity index (χ1) is 9.28. The van der Waals surface area contributed by atoms with Crippen LogP contribution in [0.1, 0.15) is 18.4 Å². The first-order valence-electron chi connectivity index (χ1n) is 6.58. The molecule has 1 aromatic carbocycles. The lowest BCUT2D eigenvalue weighted by Gasteiger charge is -2.14. The number of benzene rings is 1. The zero-order valence-corrected chi connectivity index (χ0v) is 13.6. The number of rotatable bonds is 4. The third-order valence-electron chi connectivity index (χ3n) is 3.12. The van der Waals surface area contributed by atoms with Crippen molar-refractivity contribution in [1.29, 1.82) is 0 Å². The van der Waals surface area contributed by atoms with Crippen LogP contribution in [0.5, 0.6) is 0 Å². The molecule has 2 N–H and O–H groups in total. The van der Waals surface area contributed by atoms with E-state index in [2.05, 4.69) is 67.6 Å². The Labute approximate surface area is 127 Å². The zero-order chi connectivity index (χ0) is 13.5. The summed E-state index contributed by atoms with van der Waals surface area (Å²) in [6, 6.07) is 8.33. The lowest BCUT2D eigenvalue weighted by atomic mass is 10.2. The molecule has 1 unspecified atom stereocenters. The predicted octanol–water partition coefficient (Wildman–Crippen LogP) is 3.01. The number of nitrogens with zero attached hydrogens (tertiary/aromatic N) is 1. The first-order valence-corrected chi connectivity index (χ1v) is 8.42. The normalized spacial score (nSPS) is 19.5. The van der Waals surface area contributed by atoms with Gasteiger partial charge in [-0.15, -0.1) is 0 Å². The van der Waals surface area contributed by atoms with E-state index in [1.54, 1.807) is 0 Å². The molecular formula is C14H20BrN3S. The summed E-state index contributed by atoms with van der Waals surface area (Å²) in [5.74, 6) is 2.19. The van der Waals surface area contributed by atoms with Gasteiger partial charge in [-0.1, -0.05) is 28.1 Å². The fraction of sp³-hybridized carbons (Fsp3) is 0.500. The van der Waals surface area contributed by atoms with Crippen LogP contribution in [0.2, 0.25) is 0 Å². The quantitative estimate of drug-likeness (QED) is 0.652. The van der Waals surface area contributed by atoms with E-state index in [0.717, 1.165) is 28.8 Å². The molecule has 0 spiro atoms. The van der Waals surface area contributed by atoms with Crippen LogP contribution in [-0.2, 0) is 6.54 Å². The molecule has 0 saturated carbocycles. The number of nitrogens with one attached hydrogen (secondary N) is 2. The Morgan fingerprint density at radius 3 is 2.79 bits per heavy atom. The van der Waals surface area contributed by atoms with Crippen molar-refractivity contribution in [2.24, 2.45) is 4.99 Å². The lowest BCUT2D eigenvalue weighted by Crippen LogP contribution is -2.39. The van der Waals surface area contributed by atoms with E-state index in [1.165, 1.54) is 24.2 Å². The summed E-state index contributed by atoms with van der Waals surface area (Å²) in [6.07, 6.45) is 2.67. The maximum absolute atomic E-state index is 4.26. The van der Waals surface area contributed by atoms with Gasteiger partial charge < -0.3 is 10.6 Å². The van der Waals surface area contributed by atoms with E-state index >= 15 is 0 Å². The van der Waals surface area contributed by atoms with Gasteiger partial charge >= 0.3 is 0 Å². The van der Waals surface area contributed by atoms with Gasteiger partial charge in [-0.3, -0.25) is 4.99 Å². The maximum atomic E-state index is 4.26. The number of thioether (sulfide) groups is 1. The fourth-order valence-corrected chi connectivity index (χ4v) is 3.49. The number of halogens is 1. The van der Waals surface area contributed by atoms with Gasteiger partial charge in [0.2, 0.25) is 0 Å². The monoisotopic (exact) mass is 341 g/mol. The molecule has 1 aromatic rings.